The van der Waals surface area contributed by atoms with E-state index >= 15 is 0 Å². The van der Waals surface area contributed by atoms with Gasteiger partial charge in [-0.15, -0.1) is 0 Å². The van der Waals surface area contributed by atoms with Gasteiger partial charge >= 0.3 is 6.03 Å². The van der Waals surface area contributed by atoms with Crippen LogP contribution in [0.2, 0.25) is 0 Å². The van der Waals surface area contributed by atoms with E-state index in [1.165, 1.54) is 17.6 Å². The van der Waals surface area contributed by atoms with Crippen molar-refractivity contribution in [3.05, 3.63) is 42.5 Å². The van der Waals surface area contributed by atoms with E-state index in [2.05, 4.69) is 15.6 Å². The fourth-order valence-corrected chi connectivity index (χ4v) is 4.42. The molecule has 0 spiro atoms. The minimum Gasteiger partial charge on any atom is -0.376 e. The summed E-state index contributed by atoms with van der Waals surface area (Å²) in [6, 6.07) is 12.2. The van der Waals surface area contributed by atoms with Gasteiger partial charge in [-0.1, -0.05) is 29.5 Å². The number of ether oxygens (including phenoxy) is 1. The summed E-state index contributed by atoms with van der Waals surface area (Å²) in [6.45, 7) is 7.07. The highest BCUT2D eigenvalue weighted by atomic mass is 32.2. The lowest BCUT2D eigenvalue weighted by molar-refractivity contribution is -0.00351. The zero-order valence-electron chi connectivity index (χ0n) is 18.1. The number of nitrogens with zero attached hydrogens (tertiary/aromatic N) is 1. The van der Waals surface area contributed by atoms with Crippen LogP contribution in [0.5, 0.6) is 0 Å². The van der Waals surface area contributed by atoms with Gasteiger partial charge in [0.05, 0.1) is 20.7 Å². The van der Waals surface area contributed by atoms with Crippen molar-refractivity contribution in [2.75, 3.05) is 24.7 Å². The molecular formula is C22H27N3O4S2. The first-order valence-corrected chi connectivity index (χ1v) is 12.6. The first-order chi connectivity index (χ1) is 14.5. The summed E-state index contributed by atoms with van der Waals surface area (Å²) in [5.74, 6) is 0. The molecule has 1 aromatic heterocycles. The van der Waals surface area contributed by atoms with E-state index in [1.807, 2.05) is 45.0 Å². The van der Waals surface area contributed by atoms with Crippen LogP contribution in [0.4, 0.5) is 9.93 Å². The van der Waals surface area contributed by atoms with Crippen LogP contribution in [0.1, 0.15) is 27.2 Å². The number of hydrogen-bond donors (Lipinski definition) is 2. The van der Waals surface area contributed by atoms with Crippen LogP contribution < -0.4 is 10.6 Å². The summed E-state index contributed by atoms with van der Waals surface area (Å²) in [5.41, 5.74) is 2.27. The number of carbonyl (C=O) groups excluding carboxylic acids is 1. The van der Waals surface area contributed by atoms with Gasteiger partial charge in [0, 0.05) is 19.4 Å². The zero-order chi connectivity index (χ0) is 22.6. The molecule has 1 heterocycles. The molecular weight excluding hydrogens is 434 g/mol. The van der Waals surface area contributed by atoms with Crippen LogP contribution in [0.3, 0.4) is 0 Å². The Hall–Kier alpha value is -2.49. The lowest BCUT2D eigenvalue weighted by atomic mass is 10.1. The Labute approximate surface area is 186 Å². The van der Waals surface area contributed by atoms with Crippen LogP contribution in [-0.2, 0) is 14.6 Å². The molecule has 2 N–H and O–H groups in total. The van der Waals surface area contributed by atoms with Crippen molar-refractivity contribution in [1.82, 2.24) is 10.3 Å². The molecule has 9 heteroatoms. The number of urea groups is 1. The summed E-state index contributed by atoms with van der Waals surface area (Å²) < 4.78 is 30.2. The van der Waals surface area contributed by atoms with Crippen molar-refractivity contribution in [3.8, 4) is 11.1 Å². The van der Waals surface area contributed by atoms with Crippen molar-refractivity contribution in [3.63, 3.8) is 0 Å². The van der Waals surface area contributed by atoms with Crippen molar-refractivity contribution in [2.45, 2.75) is 37.7 Å². The quantitative estimate of drug-likeness (QED) is 0.497. The third-order valence-corrected chi connectivity index (χ3v) is 6.39. The molecule has 0 aliphatic carbocycles. The van der Waals surface area contributed by atoms with E-state index in [0.717, 1.165) is 27.8 Å². The lowest BCUT2D eigenvalue weighted by Crippen LogP contribution is -2.30. The Morgan fingerprint density at radius 2 is 1.87 bits per heavy atom. The van der Waals surface area contributed by atoms with E-state index in [9.17, 15) is 13.2 Å². The molecule has 0 unspecified atom stereocenters. The standard InChI is InChI=1S/C22H27N3O4S2/c1-22(2,3)29-12-6-11-23-20(26)25-21-24-18-10-9-16(14-19(18)30-21)15-7-5-8-17(13-15)31(4,27)28/h5,7-10,13-14H,6,11-12H2,1-4H3,(H2,23,24,25,26). The summed E-state index contributed by atoms with van der Waals surface area (Å²) in [7, 11) is -3.28. The zero-order valence-corrected chi connectivity index (χ0v) is 19.7. The molecule has 0 saturated carbocycles. The summed E-state index contributed by atoms with van der Waals surface area (Å²) in [5, 5.41) is 6.06. The van der Waals surface area contributed by atoms with Gasteiger partial charge in [-0.05, 0) is 62.6 Å². The molecule has 0 atom stereocenters. The number of carbonyl (C=O) groups is 1. The van der Waals surface area contributed by atoms with Crippen LogP contribution >= 0.6 is 11.3 Å². The monoisotopic (exact) mass is 461 g/mol. The maximum absolute atomic E-state index is 12.1. The second-order valence-corrected chi connectivity index (χ2v) is 11.2. The number of rotatable bonds is 7. The van der Waals surface area contributed by atoms with E-state index in [0.29, 0.717) is 18.3 Å². The SMILES string of the molecule is CC(C)(C)OCCCNC(=O)Nc1nc2ccc(-c3cccc(S(C)(=O)=O)c3)cc2s1. The molecule has 0 aliphatic heterocycles. The Morgan fingerprint density at radius 1 is 1.13 bits per heavy atom. The molecule has 166 valence electrons. The van der Waals surface area contributed by atoms with Crippen LogP contribution in [0.25, 0.3) is 21.3 Å². The number of hydrogen-bond acceptors (Lipinski definition) is 6. The van der Waals surface area contributed by atoms with Gasteiger partial charge < -0.3 is 10.1 Å². The summed E-state index contributed by atoms with van der Waals surface area (Å²) in [4.78, 5) is 16.8. The average Bonchev–Trinajstić information content (AvgIpc) is 3.07. The predicted molar refractivity (Wildman–Crippen MR) is 126 cm³/mol. The topological polar surface area (TPSA) is 97.4 Å². The van der Waals surface area contributed by atoms with Crippen LogP contribution in [-0.4, -0.2) is 44.4 Å². The van der Waals surface area contributed by atoms with Gasteiger partial charge in [-0.3, -0.25) is 5.32 Å². The largest absolute Gasteiger partial charge is 0.376 e. The normalized spacial score (nSPS) is 12.1. The molecule has 0 aliphatic rings. The number of sulfone groups is 1. The summed E-state index contributed by atoms with van der Waals surface area (Å²) >= 11 is 1.37. The second-order valence-electron chi connectivity index (χ2n) is 8.20. The van der Waals surface area contributed by atoms with Crippen LogP contribution in [0.15, 0.2) is 47.4 Å². The predicted octanol–water partition coefficient (Wildman–Crippen LogP) is 4.69. The fraction of sp³-hybridized carbons (Fsp3) is 0.364. The van der Waals surface area contributed by atoms with Gasteiger partial charge in [-0.25, -0.2) is 18.2 Å². The van der Waals surface area contributed by atoms with Gasteiger partial charge in [0.2, 0.25) is 0 Å². The third kappa shape index (κ3) is 6.75. The smallest absolute Gasteiger partial charge is 0.321 e. The average molecular weight is 462 g/mol. The highest BCUT2D eigenvalue weighted by Crippen LogP contribution is 2.31. The molecule has 0 saturated heterocycles. The lowest BCUT2D eigenvalue weighted by Gasteiger charge is -2.19. The number of aromatic nitrogens is 1. The molecule has 2 amide bonds. The number of nitrogens with one attached hydrogen (secondary N) is 2. The molecule has 3 rings (SSSR count). The van der Waals surface area contributed by atoms with Gasteiger partial charge in [0.25, 0.3) is 0 Å². The van der Waals surface area contributed by atoms with Gasteiger partial charge in [0.15, 0.2) is 15.0 Å². The Morgan fingerprint density at radius 3 is 2.58 bits per heavy atom. The first-order valence-electron chi connectivity index (χ1n) is 9.91. The fourth-order valence-electron chi connectivity index (χ4n) is 2.86. The molecule has 0 fully saturated rings. The molecule has 7 nitrogen and oxygen atoms in total. The molecule has 3 aromatic rings. The van der Waals surface area contributed by atoms with Gasteiger partial charge in [0.1, 0.15) is 0 Å². The number of amides is 2. The summed E-state index contributed by atoms with van der Waals surface area (Å²) in [6.07, 6.45) is 1.92. The van der Waals surface area contributed by atoms with E-state index < -0.39 is 9.84 Å². The maximum Gasteiger partial charge on any atom is 0.321 e. The first kappa shape index (κ1) is 23.2. The van der Waals surface area contributed by atoms with E-state index in [4.69, 9.17) is 4.74 Å². The van der Waals surface area contributed by atoms with Crippen molar-refractivity contribution in [2.24, 2.45) is 0 Å². The van der Waals surface area contributed by atoms with Crippen molar-refractivity contribution < 1.29 is 17.9 Å². The van der Waals surface area contributed by atoms with E-state index in [1.54, 1.807) is 18.2 Å². The van der Waals surface area contributed by atoms with Gasteiger partial charge in [-0.2, -0.15) is 0 Å². The second kappa shape index (κ2) is 9.33. The third-order valence-electron chi connectivity index (χ3n) is 4.35. The van der Waals surface area contributed by atoms with Crippen molar-refractivity contribution >= 4 is 42.6 Å². The minimum atomic E-state index is -3.28. The highest BCUT2D eigenvalue weighted by molar-refractivity contribution is 7.90. The maximum atomic E-state index is 12.1. The van der Waals surface area contributed by atoms with Crippen LogP contribution in [0, 0.1) is 0 Å². The number of benzene rings is 2. The highest BCUT2D eigenvalue weighted by Gasteiger charge is 2.12. The number of thiazole rings is 1. The number of fused-ring (bicyclic) bond motifs is 1. The molecule has 0 bridgehead atoms. The van der Waals surface area contributed by atoms with Crippen molar-refractivity contribution in [1.29, 1.82) is 0 Å². The molecule has 2 aromatic carbocycles. The molecule has 0 radical (unpaired) electrons. The number of anilines is 1. The Bertz CT molecular complexity index is 1180. The Kier molecular flexibility index (Phi) is 6.98. The van der Waals surface area contributed by atoms with E-state index in [-0.39, 0.29) is 16.5 Å². The Balaban J connectivity index is 1.64. The minimum absolute atomic E-state index is 0.186. The molecule has 31 heavy (non-hydrogen) atoms.